The van der Waals surface area contributed by atoms with Crippen LogP contribution in [0.1, 0.15) is 25.3 Å². The number of hydrogen-bond acceptors (Lipinski definition) is 6. The molecule has 0 spiro atoms. The van der Waals surface area contributed by atoms with Crippen LogP contribution in [0.5, 0.6) is 0 Å². The zero-order chi connectivity index (χ0) is 24.5. The molecule has 0 saturated carbocycles. The van der Waals surface area contributed by atoms with Crippen molar-refractivity contribution in [2.75, 3.05) is 31.1 Å². The third-order valence-electron chi connectivity index (χ3n) is 5.86. The van der Waals surface area contributed by atoms with E-state index in [9.17, 15) is 17.6 Å². The predicted octanol–water partition coefficient (Wildman–Crippen LogP) is 3.79. The summed E-state index contributed by atoms with van der Waals surface area (Å²) in [6, 6.07) is 10.3. The van der Waals surface area contributed by atoms with Gasteiger partial charge in [0, 0.05) is 31.9 Å². The first kappa shape index (κ1) is 24.6. The maximum atomic E-state index is 13.4. The lowest BCUT2D eigenvalue weighted by atomic mass is 10.0. The number of nitrogens with one attached hydrogen (secondary N) is 1. The second kappa shape index (κ2) is 9.97. The molecule has 1 aromatic heterocycles. The summed E-state index contributed by atoms with van der Waals surface area (Å²) in [6.07, 6.45) is 0.401. The van der Waals surface area contributed by atoms with E-state index < -0.39 is 16.1 Å². The average molecular weight is 505 g/mol. The normalized spacial score (nSPS) is 15.8. The van der Waals surface area contributed by atoms with Crippen LogP contribution in [0.2, 0.25) is 0 Å². The van der Waals surface area contributed by atoms with Crippen LogP contribution in [-0.4, -0.2) is 56.4 Å². The van der Waals surface area contributed by atoms with Gasteiger partial charge >= 0.3 is 0 Å². The van der Waals surface area contributed by atoms with Gasteiger partial charge in [-0.05, 0) is 61.7 Å². The van der Waals surface area contributed by atoms with E-state index in [1.807, 2.05) is 20.8 Å². The number of rotatable bonds is 7. The van der Waals surface area contributed by atoms with E-state index in [0.29, 0.717) is 32.6 Å². The number of thiazole rings is 1. The fourth-order valence-corrected chi connectivity index (χ4v) is 6.34. The Bertz CT molecular complexity index is 1270. The molecule has 1 amide bonds. The Morgan fingerprint density at radius 3 is 2.44 bits per heavy atom. The number of anilines is 1. The number of amides is 1. The molecule has 10 heteroatoms. The van der Waals surface area contributed by atoms with Crippen molar-refractivity contribution < 1.29 is 17.6 Å². The SMILES string of the molecule is Cc1nc2ccc(S(=O)(=O)N[C@H](CC(C)C)C(=O)N3CCN(c4ccc(F)cc4)CC3)cc2s1. The molecule has 2 heterocycles. The standard InChI is InChI=1S/C24H29FN4O3S2/c1-16(2)14-22(27-34(31,32)20-8-9-21-23(15-20)33-17(3)26-21)24(30)29-12-10-28(11-13-29)19-6-4-18(25)5-7-19/h4-9,15-16,22,27H,10-14H2,1-3H3/t22-/m1/s1. The van der Waals surface area contributed by atoms with Crippen molar-refractivity contribution in [3.8, 4) is 0 Å². The van der Waals surface area contributed by atoms with Crippen molar-refractivity contribution in [1.82, 2.24) is 14.6 Å². The topological polar surface area (TPSA) is 82.6 Å². The molecular formula is C24H29FN4O3S2. The fourth-order valence-electron chi connectivity index (χ4n) is 4.17. The summed E-state index contributed by atoms with van der Waals surface area (Å²) in [7, 11) is -3.89. The quantitative estimate of drug-likeness (QED) is 0.530. The van der Waals surface area contributed by atoms with Crippen LogP contribution in [0.25, 0.3) is 10.2 Å². The number of carbonyl (C=O) groups is 1. The molecule has 0 aliphatic carbocycles. The number of fused-ring (bicyclic) bond motifs is 1. The molecule has 34 heavy (non-hydrogen) atoms. The van der Waals surface area contributed by atoms with Gasteiger partial charge in [-0.3, -0.25) is 4.79 Å². The lowest BCUT2D eigenvalue weighted by Crippen LogP contribution is -2.55. The van der Waals surface area contributed by atoms with E-state index in [0.717, 1.165) is 20.9 Å². The van der Waals surface area contributed by atoms with Gasteiger partial charge < -0.3 is 9.80 Å². The molecule has 1 atom stereocenters. The minimum atomic E-state index is -3.89. The van der Waals surface area contributed by atoms with E-state index >= 15 is 0 Å². The maximum Gasteiger partial charge on any atom is 0.241 e. The molecule has 4 rings (SSSR count). The number of sulfonamides is 1. The zero-order valence-corrected chi connectivity index (χ0v) is 21.1. The third kappa shape index (κ3) is 5.56. The summed E-state index contributed by atoms with van der Waals surface area (Å²) in [5, 5.41) is 0.866. The highest BCUT2D eigenvalue weighted by atomic mass is 32.2. The van der Waals surface area contributed by atoms with Gasteiger partial charge in [0.15, 0.2) is 0 Å². The molecule has 1 N–H and O–H groups in total. The summed E-state index contributed by atoms with van der Waals surface area (Å²) in [6.45, 7) is 7.95. The predicted molar refractivity (Wildman–Crippen MR) is 133 cm³/mol. The second-order valence-corrected chi connectivity index (χ2v) is 11.9. The van der Waals surface area contributed by atoms with Crippen molar-refractivity contribution in [3.05, 3.63) is 53.3 Å². The van der Waals surface area contributed by atoms with Gasteiger partial charge in [0.2, 0.25) is 15.9 Å². The van der Waals surface area contributed by atoms with Crippen LogP contribution >= 0.6 is 11.3 Å². The fraction of sp³-hybridized carbons (Fsp3) is 0.417. The molecule has 1 fully saturated rings. The Morgan fingerprint density at radius 1 is 1.12 bits per heavy atom. The number of benzene rings is 2. The minimum absolute atomic E-state index is 0.128. The molecule has 182 valence electrons. The summed E-state index contributed by atoms with van der Waals surface area (Å²) in [5.74, 6) is -0.375. The van der Waals surface area contributed by atoms with E-state index in [4.69, 9.17) is 0 Å². The molecule has 1 aliphatic heterocycles. The van der Waals surface area contributed by atoms with E-state index in [1.165, 1.54) is 29.5 Å². The zero-order valence-electron chi connectivity index (χ0n) is 19.5. The number of piperazine rings is 1. The number of halogens is 1. The highest BCUT2D eigenvalue weighted by Gasteiger charge is 2.32. The van der Waals surface area contributed by atoms with E-state index in [-0.39, 0.29) is 22.5 Å². The first-order valence-electron chi connectivity index (χ1n) is 11.3. The van der Waals surface area contributed by atoms with Crippen LogP contribution in [0, 0.1) is 18.7 Å². The van der Waals surface area contributed by atoms with Crippen LogP contribution in [0.15, 0.2) is 47.4 Å². The van der Waals surface area contributed by atoms with Crippen molar-refractivity contribution in [1.29, 1.82) is 0 Å². The molecular weight excluding hydrogens is 475 g/mol. The smallest absolute Gasteiger partial charge is 0.241 e. The molecule has 0 unspecified atom stereocenters. The van der Waals surface area contributed by atoms with Gasteiger partial charge in [-0.1, -0.05) is 13.8 Å². The minimum Gasteiger partial charge on any atom is -0.368 e. The highest BCUT2D eigenvalue weighted by Crippen LogP contribution is 2.25. The molecule has 1 saturated heterocycles. The van der Waals surface area contributed by atoms with Crippen molar-refractivity contribution >= 4 is 43.2 Å². The average Bonchev–Trinajstić information content (AvgIpc) is 3.17. The summed E-state index contributed by atoms with van der Waals surface area (Å²) >= 11 is 1.44. The van der Waals surface area contributed by atoms with Gasteiger partial charge in [-0.15, -0.1) is 11.3 Å². The Kier molecular flexibility index (Phi) is 7.20. The Labute approximate surface area is 203 Å². The van der Waals surface area contributed by atoms with Gasteiger partial charge in [0.05, 0.1) is 20.1 Å². The first-order valence-corrected chi connectivity index (χ1v) is 13.6. The van der Waals surface area contributed by atoms with Crippen molar-refractivity contribution in [2.45, 2.75) is 38.1 Å². The number of aromatic nitrogens is 1. The van der Waals surface area contributed by atoms with Crippen molar-refractivity contribution in [3.63, 3.8) is 0 Å². The number of hydrogen-bond donors (Lipinski definition) is 1. The van der Waals surface area contributed by atoms with Gasteiger partial charge in [0.1, 0.15) is 11.9 Å². The number of carbonyl (C=O) groups excluding carboxylic acids is 1. The molecule has 2 aromatic carbocycles. The lowest BCUT2D eigenvalue weighted by Gasteiger charge is -2.38. The Morgan fingerprint density at radius 2 is 1.79 bits per heavy atom. The molecule has 7 nitrogen and oxygen atoms in total. The van der Waals surface area contributed by atoms with Crippen LogP contribution in [0.4, 0.5) is 10.1 Å². The van der Waals surface area contributed by atoms with Crippen LogP contribution in [-0.2, 0) is 14.8 Å². The number of aryl methyl sites for hydroxylation is 1. The number of nitrogens with zero attached hydrogens (tertiary/aromatic N) is 3. The summed E-state index contributed by atoms with van der Waals surface area (Å²) in [4.78, 5) is 21.7. The third-order valence-corrected chi connectivity index (χ3v) is 8.27. The van der Waals surface area contributed by atoms with Gasteiger partial charge in [-0.25, -0.2) is 17.8 Å². The maximum absolute atomic E-state index is 13.4. The second-order valence-electron chi connectivity index (χ2n) is 8.95. The van der Waals surface area contributed by atoms with Crippen LogP contribution in [0.3, 0.4) is 0 Å². The summed E-state index contributed by atoms with van der Waals surface area (Å²) < 4.78 is 43.1. The van der Waals surface area contributed by atoms with E-state index in [1.54, 1.807) is 29.2 Å². The molecule has 0 radical (unpaired) electrons. The van der Waals surface area contributed by atoms with Crippen LogP contribution < -0.4 is 9.62 Å². The highest BCUT2D eigenvalue weighted by molar-refractivity contribution is 7.89. The Hall–Kier alpha value is -2.56. The molecule has 3 aromatic rings. The first-order chi connectivity index (χ1) is 16.1. The van der Waals surface area contributed by atoms with Gasteiger partial charge in [0.25, 0.3) is 0 Å². The monoisotopic (exact) mass is 504 g/mol. The lowest BCUT2D eigenvalue weighted by molar-refractivity contribution is -0.133. The molecule has 1 aliphatic rings. The summed E-state index contributed by atoms with van der Waals surface area (Å²) in [5.41, 5.74) is 1.66. The van der Waals surface area contributed by atoms with Crippen molar-refractivity contribution in [2.24, 2.45) is 5.92 Å². The van der Waals surface area contributed by atoms with E-state index in [2.05, 4.69) is 14.6 Å². The largest absolute Gasteiger partial charge is 0.368 e. The van der Waals surface area contributed by atoms with Gasteiger partial charge in [-0.2, -0.15) is 4.72 Å². The molecule has 0 bridgehead atoms. The Balaban J connectivity index is 1.47.